The molecule has 18 heavy (non-hydrogen) atoms. The molecule has 0 spiro atoms. The highest BCUT2D eigenvalue weighted by Gasteiger charge is 2.01. The molecule has 0 bridgehead atoms. The number of rotatable bonds is 5. The van der Waals surface area contributed by atoms with Crippen LogP contribution in [0.25, 0.3) is 6.08 Å². The maximum Gasteiger partial charge on any atom is 0.248 e. The zero-order chi connectivity index (χ0) is 12.8. The first-order chi connectivity index (χ1) is 8.78. The molecule has 0 aliphatic rings. The summed E-state index contributed by atoms with van der Waals surface area (Å²) in [6.45, 7) is 2.92. The van der Waals surface area contributed by atoms with Crippen molar-refractivity contribution in [2.45, 2.75) is 19.9 Å². The zero-order valence-corrected chi connectivity index (χ0v) is 10.2. The molecule has 0 aliphatic carbocycles. The number of hydrogen-bond donors (Lipinski definition) is 1. The maximum atomic E-state index is 11.6. The van der Waals surface area contributed by atoms with Crippen LogP contribution in [0.2, 0.25) is 0 Å². The fourth-order valence-electron chi connectivity index (χ4n) is 1.51. The second-order valence-electron chi connectivity index (χ2n) is 3.83. The fourth-order valence-corrected chi connectivity index (χ4v) is 1.51. The monoisotopic (exact) mass is 245 g/mol. The number of aryl methyl sites for hydroxylation is 1. The Bertz CT molecular complexity index is 526. The first-order valence-corrected chi connectivity index (χ1v) is 5.83. The van der Waals surface area contributed by atoms with Gasteiger partial charge in [0.2, 0.25) is 5.91 Å². The van der Waals surface area contributed by atoms with Crippen LogP contribution < -0.4 is 5.32 Å². The molecular formula is C13H15N3O2. The number of carbonyl (C=O) groups excluding carboxylic acids is 1. The molecule has 0 unspecified atom stereocenters. The Morgan fingerprint density at radius 1 is 1.61 bits per heavy atom. The molecular weight excluding hydrogens is 230 g/mol. The normalized spacial score (nSPS) is 10.9. The summed E-state index contributed by atoms with van der Waals surface area (Å²) in [4.78, 5) is 11.6. The van der Waals surface area contributed by atoms with Crippen LogP contribution >= 0.6 is 0 Å². The SMILES string of the molecule is CCCn1cc(NC(=O)C=Cc2ccco2)cn1. The number of anilines is 1. The van der Waals surface area contributed by atoms with Gasteiger partial charge >= 0.3 is 0 Å². The Kier molecular flexibility index (Phi) is 3.96. The number of hydrogen-bond acceptors (Lipinski definition) is 3. The van der Waals surface area contributed by atoms with Gasteiger partial charge in [0.05, 0.1) is 18.1 Å². The first kappa shape index (κ1) is 12.2. The van der Waals surface area contributed by atoms with Crippen molar-refractivity contribution in [2.24, 2.45) is 0 Å². The topological polar surface area (TPSA) is 60.1 Å². The first-order valence-electron chi connectivity index (χ1n) is 5.83. The van der Waals surface area contributed by atoms with Gasteiger partial charge in [0, 0.05) is 18.8 Å². The lowest BCUT2D eigenvalue weighted by atomic mass is 10.4. The van der Waals surface area contributed by atoms with E-state index in [0.717, 1.165) is 13.0 Å². The van der Waals surface area contributed by atoms with E-state index >= 15 is 0 Å². The van der Waals surface area contributed by atoms with Crippen LogP contribution in [0.1, 0.15) is 19.1 Å². The summed E-state index contributed by atoms with van der Waals surface area (Å²) in [6.07, 6.45) is 9.05. The van der Waals surface area contributed by atoms with Crippen LogP contribution in [-0.4, -0.2) is 15.7 Å². The molecule has 0 aromatic carbocycles. The van der Waals surface area contributed by atoms with Gasteiger partial charge in [-0.2, -0.15) is 5.10 Å². The van der Waals surface area contributed by atoms with Gasteiger partial charge in [-0.1, -0.05) is 6.92 Å². The molecule has 0 aliphatic heterocycles. The molecule has 0 radical (unpaired) electrons. The molecule has 5 heteroatoms. The Morgan fingerprint density at radius 2 is 2.50 bits per heavy atom. The minimum atomic E-state index is -0.206. The van der Waals surface area contributed by atoms with Crippen LogP contribution in [-0.2, 0) is 11.3 Å². The van der Waals surface area contributed by atoms with Gasteiger partial charge in [-0.3, -0.25) is 9.48 Å². The van der Waals surface area contributed by atoms with E-state index in [1.54, 1.807) is 35.4 Å². The van der Waals surface area contributed by atoms with E-state index in [1.807, 2.05) is 6.20 Å². The Hall–Kier alpha value is -2.30. The number of aromatic nitrogens is 2. The molecule has 0 atom stereocenters. The van der Waals surface area contributed by atoms with Gasteiger partial charge in [0.25, 0.3) is 0 Å². The molecule has 5 nitrogen and oxygen atoms in total. The van der Waals surface area contributed by atoms with Gasteiger partial charge in [-0.25, -0.2) is 0 Å². The Morgan fingerprint density at radius 3 is 3.22 bits per heavy atom. The minimum Gasteiger partial charge on any atom is -0.465 e. The summed E-state index contributed by atoms with van der Waals surface area (Å²) in [6, 6.07) is 3.55. The molecule has 2 rings (SSSR count). The standard InChI is InChI=1S/C13H15N3O2/c1-2-7-16-10-11(9-14-16)15-13(17)6-5-12-4-3-8-18-12/h3-6,8-10H,2,7H2,1H3,(H,15,17). The molecule has 0 saturated heterocycles. The summed E-state index contributed by atoms with van der Waals surface area (Å²) in [5.74, 6) is 0.439. The predicted molar refractivity (Wildman–Crippen MR) is 68.9 cm³/mol. The van der Waals surface area contributed by atoms with Gasteiger partial charge in [0.15, 0.2) is 0 Å². The van der Waals surface area contributed by atoms with Crippen LogP contribution in [0.15, 0.2) is 41.3 Å². The lowest BCUT2D eigenvalue weighted by Crippen LogP contribution is -2.06. The highest BCUT2D eigenvalue weighted by Crippen LogP contribution is 2.06. The van der Waals surface area contributed by atoms with Crippen LogP contribution in [0.3, 0.4) is 0 Å². The van der Waals surface area contributed by atoms with Crippen LogP contribution in [0.5, 0.6) is 0 Å². The molecule has 2 aromatic rings. The third-order valence-electron chi connectivity index (χ3n) is 2.30. The number of nitrogens with zero attached hydrogens (tertiary/aromatic N) is 2. The van der Waals surface area contributed by atoms with Crippen molar-refractivity contribution in [1.82, 2.24) is 9.78 Å². The molecule has 0 fully saturated rings. The van der Waals surface area contributed by atoms with Crippen molar-refractivity contribution in [1.29, 1.82) is 0 Å². The summed E-state index contributed by atoms with van der Waals surface area (Å²) in [7, 11) is 0. The summed E-state index contributed by atoms with van der Waals surface area (Å²) < 4.78 is 6.88. The van der Waals surface area contributed by atoms with E-state index in [-0.39, 0.29) is 5.91 Å². The fraction of sp³-hybridized carbons (Fsp3) is 0.231. The number of amides is 1. The van der Waals surface area contributed by atoms with E-state index in [9.17, 15) is 4.79 Å². The second-order valence-corrected chi connectivity index (χ2v) is 3.83. The van der Waals surface area contributed by atoms with Crippen molar-refractivity contribution in [3.8, 4) is 0 Å². The number of carbonyl (C=O) groups is 1. The zero-order valence-electron chi connectivity index (χ0n) is 10.2. The minimum absolute atomic E-state index is 0.206. The van der Waals surface area contributed by atoms with Gasteiger partial charge in [0.1, 0.15) is 5.76 Å². The quantitative estimate of drug-likeness (QED) is 0.823. The smallest absolute Gasteiger partial charge is 0.248 e. The third-order valence-corrected chi connectivity index (χ3v) is 2.30. The van der Waals surface area contributed by atoms with E-state index in [0.29, 0.717) is 11.4 Å². The summed E-state index contributed by atoms with van der Waals surface area (Å²) in [5, 5.41) is 6.86. The number of nitrogens with one attached hydrogen (secondary N) is 1. The summed E-state index contributed by atoms with van der Waals surface area (Å²) >= 11 is 0. The van der Waals surface area contributed by atoms with Crippen LogP contribution in [0.4, 0.5) is 5.69 Å². The number of furan rings is 1. The highest BCUT2D eigenvalue weighted by molar-refractivity contribution is 6.01. The van der Waals surface area contributed by atoms with E-state index in [2.05, 4.69) is 17.3 Å². The predicted octanol–water partition coefficient (Wildman–Crippen LogP) is 2.54. The van der Waals surface area contributed by atoms with Gasteiger partial charge in [-0.15, -0.1) is 0 Å². The summed E-state index contributed by atoms with van der Waals surface area (Å²) in [5.41, 5.74) is 0.692. The van der Waals surface area contributed by atoms with E-state index in [4.69, 9.17) is 4.42 Å². The van der Waals surface area contributed by atoms with Gasteiger partial charge in [-0.05, 0) is 24.6 Å². The Balaban J connectivity index is 1.90. The molecule has 2 aromatic heterocycles. The lowest BCUT2D eigenvalue weighted by molar-refractivity contribution is -0.111. The van der Waals surface area contributed by atoms with Crippen molar-refractivity contribution in [3.05, 3.63) is 42.6 Å². The van der Waals surface area contributed by atoms with Crippen LogP contribution in [0, 0.1) is 0 Å². The largest absolute Gasteiger partial charge is 0.465 e. The molecule has 0 saturated carbocycles. The maximum absolute atomic E-state index is 11.6. The average molecular weight is 245 g/mol. The van der Waals surface area contributed by atoms with Crippen molar-refractivity contribution >= 4 is 17.7 Å². The van der Waals surface area contributed by atoms with E-state index in [1.165, 1.54) is 6.08 Å². The van der Waals surface area contributed by atoms with Crippen molar-refractivity contribution in [3.63, 3.8) is 0 Å². The second kappa shape index (κ2) is 5.86. The van der Waals surface area contributed by atoms with Gasteiger partial charge < -0.3 is 9.73 Å². The molecule has 2 heterocycles. The van der Waals surface area contributed by atoms with Crippen molar-refractivity contribution < 1.29 is 9.21 Å². The Labute approximate surface area is 105 Å². The highest BCUT2D eigenvalue weighted by atomic mass is 16.3. The lowest BCUT2D eigenvalue weighted by Gasteiger charge is -1.97. The molecule has 1 N–H and O–H groups in total. The average Bonchev–Trinajstić information content (AvgIpc) is 2.99. The van der Waals surface area contributed by atoms with E-state index < -0.39 is 0 Å². The third kappa shape index (κ3) is 3.35. The van der Waals surface area contributed by atoms with Crippen molar-refractivity contribution in [2.75, 3.05) is 5.32 Å². The molecule has 1 amide bonds. The molecule has 94 valence electrons.